The number of carbonyl (C=O) groups is 1. The average molecular weight is 247 g/mol. The minimum Gasteiger partial charge on any atom is -0.356 e. The number of carbonyl (C=O) groups excluding carboxylic acids is 1. The first-order valence-electron chi connectivity index (χ1n) is 3.53. The summed E-state index contributed by atoms with van der Waals surface area (Å²) in [6.07, 6.45) is 0. The van der Waals surface area contributed by atoms with Crippen molar-refractivity contribution >= 4 is 28.6 Å². The Morgan fingerprint density at radius 1 is 1.57 bits per heavy atom. The van der Waals surface area contributed by atoms with Crippen molar-refractivity contribution in [2.24, 2.45) is 5.73 Å². The number of ether oxygens (including phenoxy) is 1. The molecule has 1 atom stereocenters. The van der Waals surface area contributed by atoms with Crippen molar-refractivity contribution in [2.75, 3.05) is 19.7 Å². The smallest absolute Gasteiger partial charge is 0.314 e. The average Bonchev–Trinajstić information content (AvgIpc) is 2.03. The van der Waals surface area contributed by atoms with Crippen LogP contribution in [0.2, 0.25) is 0 Å². The standard InChI is InChI=1S/C5H10N2O5S.ClH/c6-5(8)7-1-2-12-4(3-7)13(9,10)11;/h4H,1-3H2,(H2,6,8)(H,9,10,11);1H. The van der Waals surface area contributed by atoms with Crippen molar-refractivity contribution in [2.45, 2.75) is 5.44 Å². The molecule has 9 heteroatoms. The molecule has 1 heterocycles. The Morgan fingerprint density at radius 3 is 2.57 bits per heavy atom. The molecule has 1 unspecified atom stereocenters. The number of rotatable bonds is 1. The maximum absolute atomic E-state index is 10.6. The number of halogens is 1. The lowest BCUT2D eigenvalue weighted by Gasteiger charge is -2.29. The lowest BCUT2D eigenvalue weighted by molar-refractivity contribution is 0.0261. The van der Waals surface area contributed by atoms with E-state index in [1.807, 2.05) is 0 Å². The van der Waals surface area contributed by atoms with Crippen LogP contribution >= 0.6 is 12.4 Å². The van der Waals surface area contributed by atoms with Crippen molar-refractivity contribution in [3.63, 3.8) is 0 Å². The molecule has 1 aliphatic rings. The minimum atomic E-state index is -4.26. The number of nitrogens with zero attached hydrogens (tertiary/aromatic N) is 1. The fraction of sp³-hybridized carbons (Fsp3) is 0.800. The third-order valence-corrected chi connectivity index (χ3v) is 2.63. The van der Waals surface area contributed by atoms with Gasteiger partial charge in [-0.15, -0.1) is 12.4 Å². The lowest BCUT2D eigenvalue weighted by atomic mass is 10.4. The molecule has 0 radical (unpaired) electrons. The third-order valence-electron chi connectivity index (χ3n) is 1.68. The minimum absolute atomic E-state index is 0. The maximum Gasteiger partial charge on any atom is 0.314 e. The van der Waals surface area contributed by atoms with E-state index in [9.17, 15) is 13.2 Å². The van der Waals surface area contributed by atoms with Crippen LogP contribution in [0.4, 0.5) is 4.79 Å². The van der Waals surface area contributed by atoms with Gasteiger partial charge in [0.1, 0.15) is 0 Å². The van der Waals surface area contributed by atoms with Gasteiger partial charge in [-0.05, 0) is 0 Å². The summed E-state index contributed by atoms with van der Waals surface area (Å²) in [6.45, 7) is 0.0584. The van der Waals surface area contributed by atoms with Crippen LogP contribution < -0.4 is 5.73 Å². The van der Waals surface area contributed by atoms with Gasteiger partial charge in [0.15, 0.2) is 0 Å². The first-order valence-corrected chi connectivity index (χ1v) is 5.04. The van der Waals surface area contributed by atoms with Gasteiger partial charge in [-0.3, -0.25) is 4.55 Å². The van der Waals surface area contributed by atoms with Crippen molar-refractivity contribution < 1.29 is 22.5 Å². The van der Waals surface area contributed by atoms with Crippen LogP contribution in [0.25, 0.3) is 0 Å². The fourth-order valence-electron chi connectivity index (χ4n) is 0.999. The topological polar surface area (TPSA) is 110 Å². The highest BCUT2D eigenvalue weighted by Gasteiger charge is 2.31. The second-order valence-electron chi connectivity index (χ2n) is 2.60. The summed E-state index contributed by atoms with van der Waals surface area (Å²) in [4.78, 5) is 11.7. The van der Waals surface area contributed by atoms with E-state index in [1.165, 1.54) is 0 Å². The second-order valence-corrected chi connectivity index (χ2v) is 4.16. The zero-order valence-electron chi connectivity index (χ0n) is 7.12. The molecule has 14 heavy (non-hydrogen) atoms. The van der Waals surface area contributed by atoms with Crippen LogP contribution in [0.1, 0.15) is 0 Å². The molecule has 0 bridgehead atoms. The van der Waals surface area contributed by atoms with E-state index in [0.29, 0.717) is 0 Å². The Hall–Kier alpha value is -0.570. The Morgan fingerprint density at radius 2 is 2.14 bits per heavy atom. The summed E-state index contributed by atoms with van der Waals surface area (Å²) in [7, 11) is -4.26. The van der Waals surface area contributed by atoms with Gasteiger partial charge in [0.25, 0.3) is 10.1 Å². The van der Waals surface area contributed by atoms with Crippen LogP contribution in [-0.2, 0) is 14.9 Å². The van der Waals surface area contributed by atoms with E-state index >= 15 is 0 Å². The molecule has 7 nitrogen and oxygen atoms in total. The van der Waals surface area contributed by atoms with Gasteiger partial charge in [0, 0.05) is 6.54 Å². The van der Waals surface area contributed by atoms with Gasteiger partial charge >= 0.3 is 6.03 Å². The summed E-state index contributed by atoms with van der Waals surface area (Å²) < 4.78 is 34.6. The summed E-state index contributed by atoms with van der Waals surface area (Å²) in [5.41, 5.74) is 3.55. The number of amides is 2. The number of morpholine rings is 1. The Kier molecular flexibility index (Phi) is 4.59. The molecule has 0 aromatic rings. The number of urea groups is 1. The quantitative estimate of drug-likeness (QED) is 0.579. The molecule has 1 aliphatic heterocycles. The predicted molar refractivity (Wildman–Crippen MR) is 49.7 cm³/mol. The second kappa shape index (κ2) is 4.78. The highest BCUT2D eigenvalue weighted by Crippen LogP contribution is 2.09. The van der Waals surface area contributed by atoms with Crippen molar-refractivity contribution in [1.29, 1.82) is 0 Å². The van der Waals surface area contributed by atoms with E-state index in [2.05, 4.69) is 0 Å². The van der Waals surface area contributed by atoms with Gasteiger partial charge in [-0.2, -0.15) is 8.42 Å². The molecule has 2 amide bonds. The van der Waals surface area contributed by atoms with Crippen molar-refractivity contribution in [3.8, 4) is 0 Å². The Labute approximate surface area is 87.3 Å². The first kappa shape index (κ1) is 13.4. The molecule has 1 rings (SSSR count). The zero-order valence-corrected chi connectivity index (χ0v) is 8.75. The van der Waals surface area contributed by atoms with Crippen LogP contribution in [-0.4, -0.2) is 49.0 Å². The van der Waals surface area contributed by atoms with Crippen LogP contribution in [0, 0.1) is 0 Å². The first-order chi connectivity index (χ1) is 5.91. The summed E-state index contributed by atoms with van der Waals surface area (Å²) in [5.74, 6) is 0. The molecule has 0 spiro atoms. The van der Waals surface area contributed by atoms with Gasteiger partial charge in [-0.25, -0.2) is 4.79 Å². The Bertz CT molecular complexity index is 305. The van der Waals surface area contributed by atoms with E-state index < -0.39 is 21.6 Å². The summed E-state index contributed by atoms with van der Waals surface area (Å²) in [6, 6.07) is -0.725. The largest absolute Gasteiger partial charge is 0.356 e. The van der Waals surface area contributed by atoms with E-state index in [4.69, 9.17) is 15.0 Å². The molecule has 1 fully saturated rings. The normalized spacial score (nSPS) is 22.6. The SMILES string of the molecule is Cl.NC(=O)N1CCOC(S(=O)(=O)O)C1. The van der Waals surface area contributed by atoms with Gasteiger partial charge in [0.05, 0.1) is 13.2 Å². The van der Waals surface area contributed by atoms with E-state index in [1.54, 1.807) is 0 Å². The van der Waals surface area contributed by atoms with E-state index in [0.717, 1.165) is 4.90 Å². The number of hydrogen-bond acceptors (Lipinski definition) is 4. The fourth-order valence-corrected chi connectivity index (χ4v) is 1.64. The van der Waals surface area contributed by atoms with Gasteiger partial charge in [0.2, 0.25) is 5.44 Å². The van der Waals surface area contributed by atoms with E-state index in [-0.39, 0.29) is 32.1 Å². The molecule has 3 N–H and O–H groups in total. The molecule has 0 aliphatic carbocycles. The number of primary amides is 1. The predicted octanol–water partition coefficient (Wildman–Crippen LogP) is -0.967. The molecule has 0 aromatic carbocycles. The molecular formula is C5H11ClN2O5S. The molecule has 0 aromatic heterocycles. The van der Waals surface area contributed by atoms with Crippen molar-refractivity contribution in [3.05, 3.63) is 0 Å². The third kappa shape index (κ3) is 3.29. The van der Waals surface area contributed by atoms with Crippen LogP contribution in [0.15, 0.2) is 0 Å². The van der Waals surface area contributed by atoms with Crippen LogP contribution in [0.5, 0.6) is 0 Å². The monoisotopic (exact) mass is 246 g/mol. The van der Waals surface area contributed by atoms with Crippen LogP contribution in [0.3, 0.4) is 0 Å². The highest BCUT2D eigenvalue weighted by atomic mass is 35.5. The number of hydrogen-bond donors (Lipinski definition) is 2. The summed E-state index contributed by atoms with van der Waals surface area (Å²) in [5, 5.41) is 0. The highest BCUT2D eigenvalue weighted by molar-refractivity contribution is 7.86. The molecule has 0 saturated carbocycles. The van der Waals surface area contributed by atoms with Crippen molar-refractivity contribution in [1.82, 2.24) is 4.90 Å². The molecule has 84 valence electrons. The Balaban J connectivity index is 0.00000169. The number of nitrogens with two attached hydrogens (primary N) is 1. The molecule has 1 saturated heterocycles. The zero-order chi connectivity index (χ0) is 10.1. The lowest BCUT2D eigenvalue weighted by Crippen LogP contribution is -2.50. The van der Waals surface area contributed by atoms with Gasteiger partial charge in [-0.1, -0.05) is 0 Å². The maximum atomic E-state index is 10.6. The molecular weight excluding hydrogens is 236 g/mol. The van der Waals surface area contributed by atoms with Gasteiger partial charge < -0.3 is 15.4 Å². The summed E-state index contributed by atoms with van der Waals surface area (Å²) >= 11 is 0.